The first-order valence-corrected chi connectivity index (χ1v) is 8.73. The van der Waals surface area contributed by atoms with Crippen LogP contribution in [0.1, 0.15) is 27.2 Å². The smallest absolute Gasteiger partial charge is 0.230 e. The Kier molecular flexibility index (Phi) is 4.47. The molecule has 134 valence electrons. The number of nitrogens with one attached hydrogen (secondary N) is 1. The van der Waals surface area contributed by atoms with Gasteiger partial charge in [-0.25, -0.2) is 4.39 Å². The molecule has 1 heterocycles. The summed E-state index contributed by atoms with van der Waals surface area (Å²) in [6.45, 7) is 2.61. The van der Waals surface area contributed by atoms with E-state index >= 15 is 0 Å². The third kappa shape index (κ3) is 3.47. The first kappa shape index (κ1) is 17.0. The summed E-state index contributed by atoms with van der Waals surface area (Å²) in [6, 6.07) is 21.2. The van der Waals surface area contributed by atoms with Crippen molar-refractivity contribution < 1.29 is 13.6 Å². The van der Waals surface area contributed by atoms with Crippen LogP contribution in [0.25, 0.3) is 11.0 Å². The Hall–Kier alpha value is -3.40. The second-order valence-electron chi connectivity index (χ2n) is 6.48. The fourth-order valence-corrected chi connectivity index (χ4v) is 3.13. The van der Waals surface area contributed by atoms with E-state index in [1.165, 1.54) is 29.8 Å². The first-order chi connectivity index (χ1) is 13.1. The quantitative estimate of drug-likeness (QED) is 0.463. The van der Waals surface area contributed by atoms with E-state index in [4.69, 9.17) is 4.42 Å². The minimum absolute atomic E-state index is 0.232. The molecule has 1 aromatic heterocycles. The lowest BCUT2D eigenvalue weighted by Gasteiger charge is -2.08. The lowest BCUT2D eigenvalue weighted by Crippen LogP contribution is -2.06. The summed E-state index contributed by atoms with van der Waals surface area (Å²) in [5, 5.41) is 4.20. The van der Waals surface area contributed by atoms with Gasteiger partial charge in [-0.3, -0.25) is 4.79 Å². The van der Waals surface area contributed by atoms with Gasteiger partial charge in [0.05, 0.1) is 5.69 Å². The van der Waals surface area contributed by atoms with Gasteiger partial charge in [0.25, 0.3) is 0 Å². The third-order valence-electron chi connectivity index (χ3n) is 4.46. The maximum absolute atomic E-state index is 13.2. The van der Waals surface area contributed by atoms with Gasteiger partial charge in [0.2, 0.25) is 5.78 Å². The average molecular weight is 359 g/mol. The molecule has 0 aliphatic carbocycles. The number of anilines is 1. The molecule has 0 saturated heterocycles. The number of ketones is 1. The van der Waals surface area contributed by atoms with E-state index in [2.05, 4.69) is 11.4 Å². The second-order valence-corrected chi connectivity index (χ2v) is 6.48. The normalized spacial score (nSPS) is 10.9. The van der Waals surface area contributed by atoms with Gasteiger partial charge >= 0.3 is 0 Å². The fourth-order valence-electron chi connectivity index (χ4n) is 3.13. The van der Waals surface area contributed by atoms with Gasteiger partial charge in [-0.2, -0.15) is 0 Å². The van der Waals surface area contributed by atoms with E-state index in [1.807, 2.05) is 49.4 Å². The third-order valence-corrected chi connectivity index (χ3v) is 4.46. The summed E-state index contributed by atoms with van der Waals surface area (Å²) in [7, 11) is 0. The molecule has 0 fully saturated rings. The summed E-state index contributed by atoms with van der Waals surface area (Å²) in [4.78, 5) is 13.0. The lowest BCUT2D eigenvalue weighted by atomic mass is 10.1. The van der Waals surface area contributed by atoms with E-state index in [1.54, 1.807) is 0 Å². The predicted molar refractivity (Wildman–Crippen MR) is 105 cm³/mol. The predicted octanol–water partition coefficient (Wildman–Crippen LogP) is 5.72. The summed E-state index contributed by atoms with van der Waals surface area (Å²) in [5.41, 5.74) is 3.96. The van der Waals surface area contributed by atoms with Crippen molar-refractivity contribution >= 4 is 22.4 Å². The van der Waals surface area contributed by atoms with Crippen molar-refractivity contribution in [1.29, 1.82) is 0 Å². The highest BCUT2D eigenvalue weighted by atomic mass is 19.1. The highest BCUT2D eigenvalue weighted by Gasteiger charge is 2.21. The molecule has 0 aliphatic heterocycles. The molecule has 27 heavy (non-hydrogen) atoms. The van der Waals surface area contributed by atoms with Crippen LogP contribution in [-0.2, 0) is 6.54 Å². The highest BCUT2D eigenvalue weighted by Crippen LogP contribution is 2.33. The van der Waals surface area contributed by atoms with Crippen molar-refractivity contribution in [2.75, 3.05) is 5.32 Å². The van der Waals surface area contributed by atoms with Crippen LogP contribution in [0.3, 0.4) is 0 Å². The Morgan fingerprint density at radius 2 is 1.78 bits per heavy atom. The summed E-state index contributed by atoms with van der Waals surface area (Å²) >= 11 is 0. The topological polar surface area (TPSA) is 42.2 Å². The maximum Gasteiger partial charge on any atom is 0.230 e. The number of carbonyl (C=O) groups is 1. The molecule has 0 spiro atoms. The zero-order valence-corrected chi connectivity index (χ0v) is 14.8. The SMILES string of the molecule is Cc1cccc(CNc2c(C(=O)c3ccc(F)cc3)oc3ccccc23)c1. The minimum atomic E-state index is -0.381. The average Bonchev–Trinajstić information content (AvgIpc) is 3.05. The molecule has 0 unspecified atom stereocenters. The van der Waals surface area contributed by atoms with E-state index in [-0.39, 0.29) is 17.4 Å². The van der Waals surface area contributed by atoms with E-state index < -0.39 is 0 Å². The van der Waals surface area contributed by atoms with E-state index in [0.717, 1.165) is 10.9 Å². The van der Waals surface area contributed by atoms with Gasteiger partial charge in [-0.15, -0.1) is 0 Å². The molecule has 4 aromatic rings. The molecule has 0 atom stereocenters. The van der Waals surface area contributed by atoms with E-state index in [9.17, 15) is 9.18 Å². The van der Waals surface area contributed by atoms with Crippen molar-refractivity contribution in [3.8, 4) is 0 Å². The number of carbonyl (C=O) groups excluding carboxylic acids is 1. The first-order valence-electron chi connectivity index (χ1n) is 8.73. The van der Waals surface area contributed by atoms with Crippen LogP contribution in [-0.4, -0.2) is 5.78 Å². The summed E-state index contributed by atoms with van der Waals surface area (Å²) in [5.74, 6) is -0.428. The molecule has 0 amide bonds. The van der Waals surface area contributed by atoms with Crippen LogP contribution in [0, 0.1) is 12.7 Å². The van der Waals surface area contributed by atoms with Crippen molar-refractivity contribution in [3.05, 3.63) is 101 Å². The van der Waals surface area contributed by atoms with Crippen LogP contribution in [0.2, 0.25) is 0 Å². The lowest BCUT2D eigenvalue weighted by molar-refractivity contribution is 0.101. The molecule has 3 aromatic carbocycles. The van der Waals surface area contributed by atoms with Crippen LogP contribution < -0.4 is 5.32 Å². The van der Waals surface area contributed by atoms with Gasteiger partial charge in [0, 0.05) is 17.5 Å². The van der Waals surface area contributed by atoms with Gasteiger partial charge in [-0.1, -0.05) is 42.0 Å². The monoisotopic (exact) mass is 359 g/mol. The second kappa shape index (κ2) is 7.08. The fraction of sp³-hybridized carbons (Fsp3) is 0.0870. The van der Waals surface area contributed by atoms with Gasteiger partial charge < -0.3 is 9.73 Å². The zero-order chi connectivity index (χ0) is 18.8. The van der Waals surface area contributed by atoms with Crippen molar-refractivity contribution in [3.63, 3.8) is 0 Å². The number of hydrogen-bond donors (Lipinski definition) is 1. The molecular formula is C23H18FNO2. The van der Waals surface area contributed by atoms with Crippen molar-refractivity contribution in [1.82, 2.24) is 0 Å². The molecule has 3 nitrogen and oxygen atoms in total. The molecule has 4 heteroatoms. The highest BCUT2D eigenvalue weighted by molar-refractivity contribution is 6.14. The van der Waals surface area contributed by atoms with Crippen molar-refractivity contribution in [2.45, 2.75) is 13.5 Å². The minimum Gasteiger partial charge on any atom is -0.450 e. The Morgan fingerprint density at radius 3 is 2.56 bits per heavy atom. The van der Waals surface area contributed by atoms with Crippen LogP contribution in [0.15, 0.2) is 77.2 Å². The number of fused-ring (bicyclic) bond motifs is 1. The summed E-state index contributed by atoms with van der Waals surface area (Å²) in [6.07, 6.45) is 0. The van der Waals surface area contributed by atoms with Gasteiger partial charge in [0.1, 0.15) is 11.4 Å². The molecular weight excluding hydrogens is 341 g/mol. The van der Waals surface area contributed by atoms with Crippen LogP contribution in [0.4, 0.5) is 10.1 Å². The number of para-hydroxylation sites is 1. The standard InChI is InChI=1S/C23H18FNO2/c1-15-5-4-6-16(13-15)14-25-21-19-7-2-3-8-20(19)27-23(21)22(26)17-9-11-18(24)12-10-17/h2-13,25H,14H2,1H3. The van der Waals surface area contributed by atoms with Crippen LogP contribution in [0.5, 0.6) is 0 Å². The number of hydrogen-bond acceptors (Lipinski definition) is 3. The van der Waals surface area contributed by atoms with E-state index in [0.29, 0.717) is 23.4 Å². The van der Waals surface area contributed by atoms with Crippen LogP contribution >= 0.6 is 0 Å². The Labute approximate surface area is 156 Å². The summed E-state index contributed by atoms with van der Waals surface area (Å²) < 4.78 is 19.0. The Balaban J connectivity index is 1.72. The number of furan rings is 1. The number of benzene rings is 3. The maximum atomic E-state index is 13.2. The number of halogens is 1. The molecule has 0 aliphatic rings. The number of aryl methyl sites for hydroxylation is 1. The van der Waals surface area contributed by atoms with Gasteiger partial charge in [0.15, 0.2) is 5.76 Å². The molecule has 1 N–H and O–H groups in total. The molecule has 0 bridgehead atoms. The van der Waals surface area contributed by atoms with Gasteiger partial charge in [-0.05, 0) is 48.9 Å². The number of rotatable bonds is 5. The molecule has 0 radical (unpaired) electrons. The Morgan fingerprint density at radius 1 is 1.00 bits per heavy atom. The Bertz CT molecular complexity index is 1110. The zero-order valence-electron chi connectivity index (χ0n) is 14.8. The molecule has 0 saturated carbocycles. The largest absolute Gasteiger partial charge is 0.450 e. The molecule has 4 rings (SSSR count). The van der Waals surface area contributed by atoms with Crippen molar-refractivity contribution in [2.24, 2.45) is 0 Å².